The Labute approximate surface area is 108 Å². The van der Waals surface area contributed by atoms with Crippen molar-refractivity contribution in [2.75, 3.05) is 26.2 Å². The molecule has 0 radical (unpaired) electrons. The van der Waals surface area contributed by atoms with Gasteiger partial charge in [-0.25, -0.2) is 0 Å². The van der Waals surface area contributed by atoms with Crippen LogP contribution in [0.15, 0.2) is 24.3 Å². The van der Waals surface area contributed by atoms with E-state index in [-0.39, 0.29) is 0 Å². The average Bonchev–Trinajstić information content (AvgIpc) is 2.38. The van der Waals surface area contributed by atoms with Gasteiger partial charge in [0.25, 0.3) is 0 Å². The molecule has 3 N–H and O–H groups in total. The van der Waals surface area contributed by atoms with E-state index >= 15 is 0 Å². The first-order chi connectivity index (χ1) is 8.78. The van der Waals surface area contributed by atoms with Crippen LogP contribution in [0.25, 0.3) is 0 Å². The van der Waals surface area contributed by atoms with Crippen LogP contribution in [0.5, 0.6) is 5.75 Å². The quantitative estimate of drug-likeness (QED) is 0.828. The Balaban J connectivity index is 1.76. The summed E-state index contributed by atoms with van der Waals surface area (Å²) in [5.41, 5.74) is 6.59. The lowest BCUT2D eigenvalue weighted by atomic mass is 10.1. The van der Waals surface area contributed by atoms with Gasteiger partial charge in [0.2, 0.25) is 0 Å². The van der Waals surface area contributed by atoms with Gasteiger partial charge in [-0.2, -0.15) is 0 Å². The molecule has 4 nitrogen and oxygen atoms in total. The molecule has 1 aromatic rings. The molecule has 0 amide bonds. The van der Waals surface area contributed by atoms with Crippen LogP contribution in [0.2, 0.25) is 0 Å². The number of hydrogen-bond acceptors (Lipinski definition) is 4. The predicted octanol–water partition coefficient (Wildman–Crippen LogP) is 1.33. The van der Waals surface area contributed by atoms with E-state index < -0.39 is 0 Å². The largest absolute Gasteiger partial charge is 0.508 e. The lowest BCUT2D eigenvalue weighted by molar-refractivity contribution is 0.00977. The van der Waals surface area contributed by atoms with Gasteiger partial charge in [-0.3, -0.25) is 4.90 Å². The molecule has 1 fully saturated rings. The fourth-order valence-electron chi connectivity index (χ4n) is 2.38. The summed E-state index contributed by atoms with van der Waals surface area (Å²) in [4.78, 5) is 2.40. The maximum absolute atomic E-state index is 9.43. The number of phenolic OH excluding ortho intramolecular Hbond substituents is 1. The minimum atomic E-state index is 0.341. The van der Waals surface area contributed by atoms with E-state index in [1.54, 1.807) is 6.07 Å². The summed E-state index contributed by atoms with van der Waals surface area (Å²) >= 11 is 0. The van der Waals surface area contributed by atoms with Crippen LogP contribution in [-0.2, 0) is 11.3 Å². The third-order valence-corrected chi connectivity index (χ3v) is 3.32. The first kappa shape index (κ1) is 13.3. The molecule has 4 heteroatoms. The molecule has 1 heterocycles. The highest BCUT2D eigenvalue weighted by Gasteiger charge is 2.19. The van der Waals surface area contributed by atoms with Crippen molar-refractivity contribution < 1.29 is 9.84 Å². The van der Waals surface area contributed by atoms with Gasteiger partial charge >= 0.3 is 0 Å². The molecule has 0 spiro atoms. The van der Waals surface area contributed by atoms with E-state index in [1.165, 1.54) is 0 Å². The summed E-state index contributed by atoms with van der Waals surface area (Å²) in [5.74, 6) is 0.341. The summed E-state index contributed by atoms with van der Waals surface area (Å²) in [6.45, 7) is 4.26. The molecule has 1 aliphatic heterocycles. The first-order valence-electron chi connectivity index (χ1n) is 6.60. The summed E-state index contributed by atoms with van der Waals surface area (Å²) < 4.78 is 5.66. The maximum atomic E-state index is 9.43. The number of piperidine rings is 1. The zero-order valence-corrected chi connectivity index (χ0v) is 10.7. The third-order valence-electron chi connectivity index (χ3n) is 3.32. The monoisotopic (exact) mass is 250 g/mol. The van der Waals surface area contributed by atoms with Crippen LogP contribution in [0.4, 0.5) is 0 Å². The molecule has 0 unspecified atom stereocenters. The Morgan fingerprint density at radius 3 is 2.78 bits per heavy atom. The van der Waals surface area contributed by atoms with Crippen molar-refractivity contribution in [3.05, 3.63) is 29.8 Å². The molecule has 0 aromatic heterocycles. The Morgan fingerprint density at radius 2 is 2.11 bits per heavy atom. The molecule has 0 aliphatic carbocycles. The van der Waals surface area contributed by atoms with Crippen LogP contribution >= 0.6 is 0 Å². The van der Waals surface area contributed by atoms with Crippen molar-refractivity contribution in [2.45, 2.75) is 25.5 Å². The van der Waals surface area contributed by atoms with Crippen molar-refractivity contribution in [2.24, 2.45) is 5.73 Å². The lowest BCUT2D eigenvalue weighted by Crippen LogP contribution is -2.37. The number of nitrogens with two attached hydrogens (primary N) is 1. The fraction of sp³-hybridized carbons (Fsp3) is 0.571. The van der Waals surface area contributed by atoms with Crippen LogP contribution in [0, 0.1) is 0 Å². The van der Waals surface area contributed by atoms with E-state index in [1.807, 2.05) is 12.1 Å². The predicted molar refractivity (Wildman–Crippen MR) is 71.4 cm³/mol. The average molecular weight is 250 g/mol. The van der Waals surface area contributed by atoms with Crippen molar-refractivity contribution in [3.63, 3.8) is 0 Å². The maximum Gasteiger partial charge on any atom is 0.115 e. The van der Waals surface area contributed by atoms with E-state index in [9.17, 15) is 5.11 Å². The zero-order chi connectivity index (χ0) is 12.8. The molecule has 0 atom stereocenters. The number of hydrogen-bond donors (Lipinski definition) is 2. The minimum absolute atomic E-state index is 0.341. The van der Waals surface area contributed by atoms with Gasteiger partial charge in [-0.05, 0) is 30.5 Å². The van der Waals surface area contributed by atoms with Crippen molar-refractivity contribution in [1.82, 2.24) is 4.90 Å². The highest BCUT2D eigenvalue weighted by molar-refractivity contribution is 5.27. The fourth-order valence-corrected chi connectivity index (χ4v) is 2.38. The highest BCUT2D eigenvalue weighted by atomic mass is 16.5. The molecule has 0 bridgehead atoms. The van der Waals surface area contributed by atoms with Crippen molar-refractivity contribution in [1.29, 1.82) is 0 Å². The van der Waals surface area contributed by atoms with Gasteiger partial charge in [-0.1, -0.05) is 12.1 Å². The first-order valence-corrected chi connectivity index (χ1v) is 6.60. The van der Waals surface area contributed by atoms with E-state index in [2.05, 4.69) is 11.0 Å². The van der Waals surface area contributed by atoms with Crippen LogP contribution in [0.3, 0.4) is 0 Å². The molecule has 100 valence electrons. The second kappa shape index (κ2) is 6.73. The molecular formula is C14H22N2O2. The Kier molecular flexibility index (Phi) is 4.99. The van der Waals surface area contributed by atoms with Gasteiger partial charge in [0.1, 0.15) is 5.75 Å². The number of aromatic hydroxyl groups is 1. The molecule has 1 aliphatic rings. The van der Waals surface area contributed by atoms with E-state index in [0.29, 0.717) is 25.0 Å². The molecule has 1 saturated heterocycles. The SMILES string of the molecule is NCCOC1CCN(Cc2cccc(O)c2)CC1. The van der Waals surface area contributed by atoms with Crippen LogP contribution in [-0.4, -0.2) is 42.4 Å². The standard InChI is InChI=1S/C14H22N2O2/c15-6-9-18-14-4-7-16(8-5-14)11-12-2-1-3-13(17)10-12/h1-3,10,14,17H,4-9,11,15H2. The van der Waals surface area contributed by atoms with Gasteiger partial charge < -0.3 is 15.6 Å². The highest BCUT2D eigenvalue weighted by Crippen LogP contribution is 2.18. The number of nitrogens with zero attached hydrogens (tertiary/aromatic N) is 1. The lowest BCUT2D eigenvalue weighted by Gasteiger charge is -2.31. The summed E-state index contributed by atoms with van der Waals surface area (Å²) in [5, 5.41) is 9.43. The van der Waals surface area contributed by atoms with E-state index in [0.717, 1.165) is 38.0 Å². The van der Waals surface area contributed by atoms with E-state index in [4.69, 9.17) is 10.5 Å². The smallest absolute Gasteiger partial charge is 0.115 e. The minimum Gasteiger partial charge on any atom is -0.508 e. The Hall–Kier alpha value is -1.10. The Morgan fingerprint density at radius 1 is 1.33 bits per heavy atom. The third kappa shape index (κ3) is 3.98. The Bertz CT molecular complexity index is 363. The topological polar surface area (TPSA) is 58.7 Å². The molecule has 1 aromatic carbocycles. The molecular weight excluding hydrogens is 228 g/mol. The molecule has 0 saturated carbocycles. The van der Waals surface area contributed by atoms with Crippen molar-refractivity contribution in [3.8, 4) is 5.75 Å². The van der Waals surface area contributed by atoms with Gasteiger partial charge in [-0.15, -0.1) is 0 Å². The van der Waals surface area contributed by atoms with Crippen LogP contribution < -0.4 is 5.73 Å². The summed E-state index contributed by atoms with van der Waals surface area (Å²) in [6.07, 6.45) is 2.51. The molecule has 18 heavy (non-hydrogen) atoms. The van der Waals surface area contributed by atoms with Gasteiger partial charge in [0.05, 0.1) is 12.7 Å². The normalized spacial score (nSPS) is 18.1. The number of rotatable bonds is 5. The second-order valence-electron chi connectivity index (χ2n) is 4.80. The number of phenols is 1. The number of likely N-dealkylation sites (tertiary alicyclic amines) is 1. The van der Waals surface area contributed by atoms with Gasteiger partial charge in [0, 0.05) is 26.2 Å². The molecule has 2 rings (SSSR count). The van der Waals surface area contributed by atoms with Gasteiger partial charge in [0.15, 0.2) is 0 Å². The second-order valence-corrected chi connectivity index (χ2v) is 4.80. The zero-order valence-electron chi connectivity index (χ0n) is 10.7. The van der Waals surface area contributed by atoms with Crippen molar-refractivity contribution >= 4 is 0 Å². The number of benzene rings is 1. The number of ether oxygens (including phenoxy) is 1. The summed E-state index contributed by atoms with van der Waals surface area (Å²) in [7, 11) is 0. The van der Waals surface area contributed by atoms with Crippen LogP contribution in [0.1, 0.15) is 18.4 Å². The summed E-state index contributed by atoms with van der Waals surface area (Å²) in [6, 6.07) is 7.48.